The predicted molar refractivity (Wildman–Crippen MR) is 114 cm³/mol. The highest BCUT2D eigenvalue weighted by Crippen LogP contribution is 2.31. The fraction of sp³-hybridized carbons (Fsp3) is 0.286. The second kappa shape index (κ2) is 9.03. The Morgan fingerprint density at radius 3 is 2.55 bits per heavy atom. The van der Waals surface area contributed by atoms with Gasteiger partial charge in [-0.1, -0.05) is 19.1 Å². The average Bonchev–Trinajstić information content (AvgIpc) is 2.72. The lowest BCUT2D eigenvalue weighted by atomic mass is 9.81. The Morgan fingerprint density at radius 2 is 1.94 bits per heavy atom. The molecule has 0 aliphatic heterocycles. The molecule has 0 amide bonds. The second-order valence-corrected chi connectivity index (χ2v) is 9.17. The molecule has 164 valence electrons. The first kappa shape index (κ1) is 22.7. The van der Waals surface area contributed by atoms with E-state index in [-0.39, 0.29) is 23.6 Å². The zero-order chi connectivity index (χ0) is 22.6. The van der Waals surface area contributed by atoms with Crippen molar-refractivity contribution in [1.29, 1.82) is 0 Å². The molecular weight excluding hydrogens is 424 g/mol. The lowest BCUT2D eigenvalue weighted by molar-refractivity contribution is 0.267. The summed E-state index contributed by atoms with van der Waals surface area (Å²) in [6, 6.07) is 12.2. The van der Waals surface area contributed by atoms with Gasteiger partial charge in [-0.3, -0.25) is 4.98 Å². The predicted octanol–water partition coefficient (Wildman–Crippen LogP) is 3.44. The van der Waals surface area contributed by atoms with Gasteiger partial charge in [0.1, 0.15) is 11.6 Å². The number of hydrogen-bond acceptors (Lipinski definition) is 6. The van der Waals surface area contributed by atoms with E-state index in [4.69, 9.17) is 5.14 Å². The first-order valence-electron chi connectivity index (χ1n) is 9.54. The third-order valence-electron chi connectivity index (χ3n) is 4.84. The van der Waals surface area contributed by atoms with Gasteiger partial charge in [-0.2, -0.15) is 0 Å². The van der Waals surface area contributed by atoms with Crippen molar-refractivity contribution in [2.45, 2.75) is 36.8 Å². The van der Waals surface area contributed by atoms with Crippen molar-refractivity contribution in [3.63, 3.8) is 0 Å². The lowest BCUT2D eigenvalue weighted by Gasteiger charge is -2.30. The molecule has 0 bridgehead atoms. The Labute approximate surface area is 179 Å². The molecule has 3 aromatic rings. The van der Waals surface area contributed by atoms with E-state index in [0.29, 0.717) is 17.1 Å². The summed E-state index contributed by atoms with van der Waals surface area (Å²) < 4.78 is 51.2. The molecule has 0 spiro atoms. The first-order valence-corrected chi connectivity index (χ1v) is 11.1. The van der Waals surface area contributed by atoms with E-state index in [9.17, 15) is 17.2 Å². The highest BCUT2D eigenvalue weighted by molar-refractivity contribution is 7.89. The minimum atomic E-state index is -3.83. The number of benzene rings is 1. The zero-order valence-corrected chi connectivity index (χ0v) is 17.9. The van der Waals surface area contributed by atoms with E-state index in [1.54, 1.807) is 31.2 Å². The molecule has 0 aliphatic rings. The van der Waals surface area contributed by atoms with Crippen molar-refractivity contribution < 1.29 is 17.2 Å². The summed E-state index contributed by atoms with van der Waals surface area (Å²) >= 11 is 0. The number of rotatable bonds is 8. The van der Waals surface area contributed by atoms with Crippen LogP contribution in [0.1, 0.15) is 26.0 Å². The number of alkyl halides is 1. The van der Waals surface area contributed by atoms with Crippen LogP contribution in [0.4, 0.5) is 14.6 Å². The third-order valence-corrected chi connectivity index (χ3v) is 5.76. The van der Waals surface area contributed by atoms with Crippen LogP contribution in [-0.2, 0) is 15.4 Å². The Balaban J connectivity index is 1.79. The van der Waals surface area contributed by atoms with Crippen molar-refractivity contribution in [2.24, 2.45) is 5.14 Å². The Hall–Kier alpha value is -2.98. The summed E-state index contributed by atoms with van der Waals surface area (Å²) in [5.41, 5.74) is 0.254. The maximum Gasteiger partial charge on any atom is 0.238 e. The van der Waals surface area contributed by atoms with Crippen LogP contribution in [0, 0.1) is 5.82 Å². The van der Waals surface area contributed by atoms with Gasteiger partial charge in [-0.05, 0) is 49.7 Å². The Morgan fingerprint density at radius 1 is 1.16 bits per heavy atom. The van der Waals surface area contributed by atoms with Crippen LogP contribution in [0.3, 0.4) is 0 Å². The van der Waals surface area contributed by atoms with Crippen molar-refractivity contribution in [3.05, 3.63) is 66.2 Å². The number of anilines is 1. The number of pyridine rings is 1. The number of nitrogens with one attached hydrogen (secondary N) is 1. The summed E-state index contributed by atoms with van der Waals surface area (Å²) in [6.07, 6.45) is 0.386. The molecule has 2 heterocycles. The molecule has 3 N–H and O–H groups in total. The van der Waals surface area contributed by atoms with E-state index in [2.05, 4.69) is 20.5 Å². The van der Waals surface area contributed by atoms with Gasteiger partial charge < -0.3 is 5.32 Å². The first-order chi connectivity index (χ1) is 14.6. The van der Waals surface area contributed by atoms with Gasteiger partial charge in [0.05, 0.1) is 22.5 Å². The molecule has 0 unspecified atom stereocenters. The Bertz CT molecular complexity index is 1160. The number of nitrogens with two attached hydrogens (primary N) is 1. The van der Waals surface area contributed by atoms with Gasteiger partial charge in [0.25, 0.3) is 0 Å². The molecule has 10 heteroatoms. The van der Waals surface area contributed by atoms with Crippen molar-refractivity contribution >= 4 is 15.8 Å². The summed E-state index contributed by atoms with van der Waals surface area (Å²) in [5, 5.41) is 16.4. The number of hydrogen-bond donors (Lipinski definition) is 2. The van der Waals surface area contributed by atoms with Crippen LogP contribution >= 0.6 is 0 Å². The molecule has 0 saturated carbocycles. The molecule has 1 aromatic carbocycles. The SMILES string of the molecule is C[C@H](F)C[C@@](C)(CNc1ccc(-c2cccc(S(N)(=O)=O)c2)nn1)c1ncccc1F. The minimum absolute atomic E-state index is 0.0255. The summed E-state index contributed by atoms with van der Waals surface area (Å²) in [6.45, 7) is 3.34. The number of nitrogens with zero attached hydrogens (tertiary/aromatic N) is 3. The maximum atomic E-state index is 14.3. The van der Waals surface area contributed by atoms with Gasteiger partial charge in [0.15, 0.2) is 0 Å². The van der Waals surface area contributed by atoms with Crippen molar-refractivity contribution in [1.82, 2.24) is 15.2 Å². The fourth-order valence-corrected chi connectivity index (χ4v) is 3.96. The van der Waals surface area contributed by atoms with E-state index < -0.39 is 27.4 Å². The van der Waals surface area contributed by atoms with Crippen LogP contribution in [-0.4, -0.2) is 36.3 Å². The summed E-state index contributed by atoms with van der Waals surface area (Å²) in [4.78, 5) is 4.10. The molecule has 2 aromatic heterocycles. The standard InChI is InChI=1S/C21H23F2N5O2S/c1-14(22)12-21(2,20-17(23)7-4-10-25-20)13-26-19-9-8-18(27-28-19)15-5-3-6-16(11-15)31(24,29)30/h3-11,14H,12-13H2,1-2H3,(H,26,28)(H2,24,29,30)/t14-,21-/m0/s1. The van der Waals surface area contributed by atoms with Gasteiger partial charge in [0, 0.05) is 23.7 Å². The molecule has 3 rings (SSSR count). The second-order valence-electron chi connectivity index (χ2n) is 7.61. The van der Waals surface area contributed by atoms with Crippen LogP contribution in [0.25, 0.3) is 11.3 Å². The highest BCUT2D eigenvalue weighted by Gasteiger charge is 2.33. The van der Waals surface area contributed by atoms with Crippen LogP contribution < -0.4 is 10.5 Å². The highest BCUT2D eigenvalue weighted by atomic mass is 32.2. The topological polar surface area (TPSA) is 111 Å². The molecule has 0 saturated heterocycles. The molecule has 7 nitrogen and oxygen atoms in total. The minimum Gasteiger partial charge on any atom is -0.368 e. The largest absolute Gasteiger partial charge is 0.368 e. The smallest absolute Gasteiger partial charge is 0.238 e. The molecule has 31 heavy (non-hydrogen) atoms. The van der Waals surface area contributed by atoms with Crippen LogP contribution in [0.5, 0.6) is 0 Å². The molecule has 2 atom stereocenters. The number of aromatic nitrogens is 3. The summed E-state index contributed by atoms with van der Waals surface area (Å²) in [7, 11) is -3.83. The van der Waals surface area contributed by atoms with Gasteiger partial charge in [-0.25, -0.2) is 22.3 Å². The number of halogens is 2. The normalized spacial score (nSPS) is 14.6. The number of sulfonamides is 1. The number of primary sulfonamides is 1. The van der Waals surface area contributed by atoms with E-state index in [1.807, 2.05) is 0 Å². The van der Waals surface area contributed by atoms with Gasteiger partial charge in [0.2, 0.25) is 10.0 Å². The van der Waals surface area contributed by atoms with Gasteiger partial charge >= 0.3 is 0 Å². The van der Waals surface area contributed by atoms with Crippen LogP contribution in [0.2, 0.25) is 0 Å². The zero-order valence-electron chi connectivity index (χ0n) is 17.1. The van der Waals surface area contributed by atoms with E-state index >= 15 is 0 Å². The lowest BCUT2D eigenvalue weighted by Crippen LogP contribution is -2.35. The Kier molecular flexibility index (Phi) is 6.61. The molecule has 0 radical (unpaired) electrons. The maximum absolute atomic E-state index is 14.3. The van der Waals surface area contributed by atoms with E-state index in [0.717, 1.165) is 0 Å². The molecular formula is C21H23F2N5O2S. The third kappa shape index (κ3) is 5.59. The summed E-state index contributed by atoms with van der Waals surface area (Å²) in [5.74, 6) is -0.0935. The quantitative estimate of drug-likeness (QED) is 0.547. The van der Waals surface area contributed by atoms with Crippen LogP contribution in [0.15, 0.2) is 59.6 Å². The fourth-order valence-electron chi connectivity index (χ4n) is 3.40. The van der Waals surface area contributed by atoms with Crippen molar-refractivity contribution in [3.8, 4) is 11.3 Å². The van der Waals surface area contributed by atoms with Gasteiger partial charge in [-0.15, -0.1) is 10.2 Å². The molecule has 0 aliphatic carbocycles. The van der Waals surface area contributed by atoms with E-state index in [1.165, 1.54) is 37.4 Å². The average molecular weight is 448 g/mol. The van der Waals surface area contributed by atoms with Crippen molar-refractivity contribution in [2.75, 3.05) is 11.9 Å². The monoisotopic (exact) mass is 447 g/mol. The molecule has 0 fully saturated rings.